The van der Waals surface area contributed by atoms with Gasteiger partial charge >= 0.3 is 6.18 Å². The van der Waals surface area contributed by atoms with Crippen LogP contribution in [0.15, 0.2) is 9.98 Å². The van der Waals surface area contributed by atoms with Gasteiger partial charge in [-0.2, -0.15) is 13.2 Å². The highest BCUT2D eigenvalue weighted by Gasteiger charge is 2.44. The summed E-state index contributed by atoms with van der Waals surface area (Å²) in [4.78, 5) is 70.9. The summed E-state index contributed by atoms with van der Waals surface area (Å²) in [5.74, 6) is -5.12. The number of amides is 4. The summed E-state index contributed by atoms with van der Waals surface area (Å²) >= 11 is 0. The van der Waals surface area contributed by atoms with Crippen LogP contribution in [0, 0.1) is 0 Å². The van der Waals surface area contributed by atoms with Gasteiger partial charge in [-0.15, -0.1) is 0 Å². The van der Waals surface area contributed by atoms with E-state index in [2.05, 4.69) is 31.3 Å². The molecule has 0 spiro atoms. The highest BCUT2D eigenvalue weighted by atomic mass is 19.4. The van der Waals surface area contributed by atoms with Crippen LogP contribution in [0.3, 0.4) is 0 Å². The lowest BCUT2D eigenvalue weighted by Crippen LogP contribution is -2.56. The summed E-state index contributed by atoms with van der Waals surface area (Å²) in [6, 6.07) is -4.41. The summed E-state index contributed by atoms with van der Waals surface area (Å²) in [6.07, 6.45) is -4.03. The molecule has 0 aromatic heterocycles. The number of carbonyl (C=O) groups is 5. The number of hydrogen-bond donors (Lipinski definition) is 8. The van der Waals surface area contributed by atoms with Crippen molar-refractivity contribution >= 4 is 41.3 Å². The lowest BCUT2D eigenvalue weighted by atomic mass is 10.0. The molecule has 1 heterocycles. The van der Waals surface area contributed by atoms with Gasteiger partial charge in [0.1, 0.15) is 12.1 Å². The Hall–Kier alpha value is -4.12. The van der Waals surface area contributed by atoms with E-state index in [1.165, 1.54) is 0 Å². The van der Waals surface area contributed by atoms with Crippen molar-refractivity contribution in [3.63, 3.8) is 0 Å². The summed E-state index contributed by atoms with van der Waals surface area (Å²) in [7, 11) is 0. The number of ketones is 1. The Kier molecular flexibility index (Phi) is 16.4. The summed E-state index contributed by atoms with van der Waals surface area (Å²) in [6.45, 7) is 0.463. The number of nitrogens with two attached hydrogens (primary N) is 4. The molecule has 0 radical (unpaired) electrons. The standard InChI is InChI=1S/C25H43F3N10O5/c26-25(27,28)20(41)15-7-1-3-12-33-18(39)10-5-11-19(40)36-16(8-2-4-13-34-23(29)30)21(42)38-17(22(43)37-15)9-6-14-35-24(31)32/h15-17H,1-14H2,(H,33,39)(H,36,40)(H,37,43)(H,38,42)(H4,29,30,34)(H4,31,32,35)/t15-,16-,17-/m0/s1. The quantitative estimate of drug-likeness (QED) is 0.0805. The number of guanidine groups is 2. The monoisotopic (exact) mass is 620 g/mol. The molecule has 43 heavy (non-hydrogen) atoms. The van der Waals surface area contributed by atoms with Crippen molar-refractivity contribution < 1.29 is 37.1 Å². The Morgan fingerprint density at radius 2 is 1.30 bits per heavy atom. The second-order valence-electron chi connectivity index (χ2n) is 10.1. The SMILES string of the molecule is NC(N)=NCCCC[C@@H]1NC(=O)CCCC(=O)NCCCC[C@@H](C(=O)C(F)(F)F)NC(=O)[C@H](CCCN=C(N)N)NC1=O. The number of rotatable bonds is 10. The van der Waals surface area contributed by atoms with Crippen molar-refractivity contribution in [2.24, 2.45) is 32.9 Å². The fourth-order valence-corrected chi connectivity index (χ4v) is 4.19. The molecule has 0 bridgehead atoms. The minimum Gasteiger partial charge on any atom is -0.370 e. The molecule has 244 valence electrons. The number of hydrogen-bond acceptors (Lipinski definition) is 7. The Balaban J connectivity index is 3.25. The van der Waals surface area contributed by atoms with E-state index in [0.717, 1.165) is 0 Å². The zero-order valence-electron chi connectivity index (χ0n) is 24.0. The first kappa shape index (κ1) is 36.9. The van der Waals surface area contributed by atoms with E-state index in [9.17, 15) is 37.1 Å². The van der Waals surface area contributed by atoms with E-state index in [0.29, 0.717) is 12.8 Å². The third kappa shape index (κ3) is 16.2. The van der Waals surface area contributed by atoms with Gasteiger partial charge in [0.05, 0.1) is 6.04 Å². The van der Waals surface area contributed by atoms with Crippen molar-refractivity contribution in [2.75, 3.05) is 19.6 Å². The minimum atomic E-state index is -5.22. The molecule has 1 fully saturated rings. The van der Waals surface area contributed by atoms with E-state index in [-0.39, 0.29) is 95.2 Å². The van der Waals surface area contributed by atoms with Gasteiger partial charge in [0.2, 0.25) is 23.6 Å². The fraction of sp³-hybridized carbons (Fsp3) is 0.720. The second-order valence-corrected chi connectivity index (χ2v) is 10.1. The van der Waals surface area contributed by atoms with Crippen LogP contribution in [-0.4, -0.2) is 85.3 Å². The van der Waals surface area contributed by atoms with Gasteiger partial charge < -0.3 is 44.2 Å². The third-order valence-corrected chi connectivity index (χ3v) is 6.39. The molecule has 12 N–H and O–H groups in total. The van der Waals surface area contributed by atoms with Gasteiger partial charge in [-0.1, -0.05) is 0 Å². The summed E-state index contributed by atoms with van der Waals surface area (Å²) < 4.78 is 40.0. The molecular weight excluding hydrogens is 577 g/mol. The normalized spacial score (nSPS) is 21.6. The number of alkyl halides is 3. The highest BCUT2D eigenvalue weighted by molar-refractivity contribution is 5.96. The van der Waals surface area contributed by atoms with Crippen LogP contribution in [0.25, 0.3) is 0 Å². The highest BCUT2D eigenvalue weighted by Crippen LogP contribution is 2.20. The topological polar surface area (TPSA) is 262 Å². The van der Waals surface area contributed by atoms with Gasteiger partial charge in [0.25, 0.3) is 5.78 Å². The first-order valence-corrected chi connectivity index (χ1v) is 14.1. The maximum atomic E-state index is 13.3. The molecule has 0 saturated carbocycles. The maximum Gasteiger partial charge on any atom is 0.452 e. The number of nitrogens with one attached hydrogen (secondary N) is 4. The fourth-order valence-electron chi connectivity index (χ4n) is 4.19. The van der Waals surface area contributed by atoms with Crippen LogP contribution in [-0.2, 0) is 24.0 Å². The zero-order valence-corrected chi connectivity index (χ0v) is 24.0. The molecule has 3 atom stereocenters. The van der Waals surface area contributed by atoms with Gasteiger partial charge in [0, 0.05) is 32.5 Å². The van der Waals surface area contributed by atoms with Crippen LogP contribution in [0.1, 0.15) is 70.6 Å². The first-order chi connectivity index (χ1) is 20.2. The maximum absolute atomic E-state index is 13.3. The molecule has 1 aliphatic heterocycles. The van der Waals surface area contributed by atoms with Crippen LogP contribution < -0.4 is 44.2 Å². The number of Topliss-reactive ketones (excluding diaryl/α,β-unsaturated/α-hetero) is 1. The molecule has 0 aliphatic carbocycles. The zero-order chi connectivity index (χ0) is 32.4. The molecule has 4 amide bonds. The van der Waals surface area contributed by atoms with Gasteiger partial charge in [-0.25, -0.2) is 0 Å². The van der Waals surface area contributed by atoms with E-state index >= 15 is 0 Å². The minimum absolute atomic E-state index is 0.0198. The molecule has 0 aromatic rings. The summed E-state index contributed by atoms with van der Waals surface area (Å²) in [5.41, 5.74) is 21.2. The molecule has 0 unspecified atom stereocenters. The van der Waals surface area contributed by atoms with Crippen molar-refractivity contribution in [3.05, 3.63) is 0 Å². The number of aliphatic imine (C=N–C) groups is 2. The second kappa shape index (κ2) is 19.1. The number of nitrogens with zero attached hydrogens (tertiary/aromatic N) is 2. The Morgan fingerprint density at radius 3 is 1.93 bits per heavy atom. The van der Waals surface area contributed by atoms with Crippen LogP contribution in [0.5, 0.6) is 0 Å². The average Bonchev–Trinajstić information content (AvgIpc) is 2.91. The molecule has 1 aliphatic rings. The van der Waals surface area contributed by atoms with Gasteiger partial charge in [-0.3, -0.25) is 34.0 Å². The lowest BCUT2D eigenvalue weighted by molar-refractivity contribution is -0.174. The Labute approximate surface area is 247 Å². The van der Waals surface area contributed by atoms with Crippen LogP contribution in [0.4, 0.5) is 13.2 Å². The average molecular weight is 621 g/mol. The van der Waals surface area contributed by atoms with Crippen molar-refractivity contribution in [1.29, 1.82) is 0 Å². The number of halogens is 3. The first-order valence-electron chi connectivity index (χ1n) is 14.1. The van der Waals surface area contributed by atoms with E-state index in [1.807, 2.05) is 0 Å². The molecule has 1 rings (SSSR count). The van der Waals surface area contributed by atoms with Crippen molar-refractivity contribution in [1.82, 2.24) is 21.3 Å². The number of unbranched alkanes of at least 4 members (excludes halogenated alkanes) is 1. The number of carbonyl (C=O) groups excluding carboxylic acids is 5. The van der Waals surface area contributed by atoms with Crippen LogP contribution in [0.2, 0.25) is 0 Å². The van der Waals surface area contributed by atoms with E-state index < -0.39 is 47.8 Å². The van der Waals surface area contributed by atoms with Crippen LogP contribution >= 0.6 is 0 Å². The predicted molar refractivity (Wildman–Crippen MR) is 152 cm³/mol. The van der Waals surface area contributed by atoms with Crippen molar-refractivity contribution in [2.45, 2.75) is 94.9 Å². The van der Waals surface area contributed by atoms with E-state index in [4.69, 9.17) is 22.9 Å². The third-order valence-electron chi connectivity index (χ3n) is 6.39. The molecule has 18 heteroatoms. The van der Waals surface area contributed by atoms with Crippen molar-refractivity contribution in [3.8, 4) is 0 Å². The molecule has 15 nitrogen and oxygen atoms in total. The Bertz CT molecular complexity index is 1010. The lowest BCUT2D eigenvalue weighted by Gasteiger charge is -2.26. The van der Waals surface area contributed by atoms with Gasteiger partial charge in [0.15, 0.2) is 11.9 Å². The van der Waals surface area contributed by atoms with Gasteiger partial charge in [-0.05, 0) is 57.8 Å². The molecular formula is C25H43F3N10O5. The molecule has 1 saturated heterocycles. The Morgan fingerprint density at radius 1 is 0.744 bits per heavy atom. The summed E-state index contributed by atoms with van der Waals surface area (Å²) in [5, 5.41) is 9.82. The predicted octanol–water partition coefficient (Wildman–Crippen LogP) is -1.46. The molecule has 0 aromatic carbocycles. The largest absolute Gasteiger partial charge is 0.452 e. The van der Waals surface area contributed by atoms with E-state index in [1.54, 1.807) is 0 Å². The smallest absolute Gasteiger partial charge is 0.370 e.